The van der Waals surface area contributed by atoms with Gasteiger partial charge in [0.2, 0.25) is 0 Å². The summed E-state index contributed by atoms with van der Waals surface area (Å²) in [6.07, 6.45) is 1.04. The van der Waals surface area contributed by atoms with Crippen LogP contribution in [0.5, 0.6) is 0 Å². The van der Waals surface area contributed by atoms with E-state index < -0.39 is 0 Å². The van der Waals surface area contributed by atoms with Crippen LogP contribution in [0.3, 0.4) is 0 Å². The molecular weight excluding hydrogens is 246 g/mol. The maximum Gasteiger partial charge on any atom is 0.138 e. The van der Waals surface area contributed by atoms with Crippen molar-refractivity contribution >= 4 is 16.7 Å². The summed E-state index contributed by atoms with van der Waals surface area (Å²) in [7, 11) is 4.09. The molecule has 0 aliphatic carbocycles. The summed E-state index contributed by atoms with van der Waals surface area (Å²) in [4.78, 5) is 10.2. The van der Waals surface area contributed by atoms with Gasteiger partial charge in [-0.15, -0.1) is 0 Å². The molecule has 0 aliphatic rings. The molecule has 0 saturated carbocycles. The number of H-pyrrole nitrogens is 1. The molecule has 0 unspecified atom stereocenters. The van der Waals surface area contributed by atoms with Crippen molar-refractivity contribution in [2.75, 3.05) is 19.0 Å². The van der Waals surface area contributed by atoms with Gasteiger partial charge < -0.3 is 9.88 Å². The van der Waals surface area contributed by atoms with Crippen LogP contribution >= 0.6 is 0 Å². The van der Waals surface area contributed by atoms with Crippen LogP contribution in [-0.4, -0.2) is 24.1 Å². The number of nitrogens with one attached hydrogen (secondary N) is 1. The second-order valence-electron chi connectivity index (χ2n) is 5.24. The predicted molar refractivity (Wildman–Crippen MR) is 85.2 cm³/mol. The van der Waals surface area contributed by atoms with Gasteiger partial charge in [0, 0.05) is 25.3 Å². The van der Waals surface area contributed by atoms with Gasteiger partial charge in [-0.25, -0.2) is 4.98 Å². The zero-order valence-electron chi connectivity index (χ0n) is 12.1. The average molecular weight is 265 g/mol. The molecule has 3 rings (SSSR count). The Bertz CT molecular complexity index is 741. The quantitative estimate of drug-likeness (QED) is 0.780. The molecule has 1 N–H and O–H groups in total. The van der Waals surface area contributed by atoms with E-state index in [0.717, 1.165) is 28.8 Å². The third kappa shape index (κ3) is 2.27. The summed E-state index contributed by atoms with van der Waals surface area (Å²) in [5.74, 6) is 0.928. The Morgan fingerprint density at radius 1 is 1.10 bits per heavy atom. The Kier molecular flexibility index (Phi) is 3.18. The van der Waals surface area contributed by atoms with Gasteiger partial charge in [0.1, 0.15) is 5.82 Å². The molecule has 0 atom stereocenters. The largest absolute Gasteiger partial charge is 0.378 e. The fraction of sp³-hybridized carbons (Fsp3) is 0.235. The van der Waals surface area contributed by atoms with Gasteiger partial charge in [-0.2, -0.15) is 0 Å². The van der Waals surface area contributed by atoms with Crippen molar-refractivity contribution in [3.63, 3.8) is 0 Å². The van der Waals surface area contributed by atoms with E-state index >= 15 is 0 Å². The third-order valence-electron chi connectivity index (χ3n) is 3.59. The van der Waals surface area contributed by atoms with E-state index in [1.807, 2.05) is 14.1 Å². The molecular formula is C17H19N3. The monoisotopic (exact) mass is 265 g/mol. The fourth-order valence-corrected chi connectivity index (χ4v) is 2.34. The lowest BCUT2D eigenvalue weighted by Gasteiger charge is -2.12. The van der Waals surface area contributed by atoms with Crippen LogP contribution in [0.1, 0.15) is 12.5 Å². The van der Waals surface area contributed by atoms with Crippen molar-refractivity contribution < 1.29 is 0 Å². The number of benzene rings is 2. The lowest BCUT2D eigenvalue weighted by atomic mass is 10.1. The molecule has 3 aromatic rings. The van der Waals surface area contributed by atoms with E-state index in [0.29, 0.717) is 0 Å². The van der Waals surface area contributed by atoms with Crippen LogP contribution in [0.15, 0.2) is 42.5 Å². The highest BCUT2D eigenvalue weighted by molar-refractivity contribution is 5.80. The van der Waals surface area contributed by atoms with Gasteiger partial charge in [0.25, 0.3) is 0 Å². The number of anilines is 1. The summed E-state index contributed by atoms with van der Waals surface area (Å²) < 4.78 is 0. The standard InChI is InChI=1S/C17H19N3/c1-4-12-8-9-15-16(10-12)19-17(18-15)13-6-5-7-14(11-13)20(2)3/h5-11H,4H2,1-3H3,(H,18,19). The van der Waals surface area contributed by atoms with Crippen molar-refractivity contribution in [3.05, 3.63) is 48.0 Å². The number of hydrogen-bond donors (Lipinski definition) is 1. The summed E-state index contributed by atoms with van der Waals surface area (Å²) in [6, 6.07) is 14.8. The molecule has 1 aromatic heterocycles. The van der Waals surface area contributed by atoms with E-state index in [2.05, 4.69) is 64.3 Å². The zero-order valence-corrected chi connectivity index (χ0v) is 12.1. The highest BCUT2D eigenvalue weighted by atomic mass is 15.1. The molecule has 3 heteroatoms. The highest BCUT2D eigenvalue weighted by Crippen LogP contribution is 2.24. The van der Waals surface area contributed by atoms with Gasteiger partial charge in [0.15, 0.2) is 0 Å². The van der Waals surface area contributed by atoms with Crippen molar-refractivity contribution in [2.24, 2.45) is 0 Å². The Morgan fingerprint density at radius 2 is 1.95 bits per heavy atom. The number of hydrogen-bond acceptors (Lipinski definition) is 2. The Balaban J connectivity index is 2.07. The topological polar surface area (TPSA) is 31.9 Å². The van der Waals surface area contributed by atoms with Crippen molar-refractivity contribution in [2.45, 2.75) is 13.3 Å². The van der Waals surface area contributed by atoms with E-state index in [1.165, 1.54) is 11.3 Å². The molecule has 0 aliphatic heterocycles. The van der Waals surface area contributed by atoms with Gasteiger partial charge >= 0.3 is 0 Å². The molecule has 2 aromatic carbocycles. The number of nitrogens with zero attached hydrogens (tertiary/aromatic N) is 2. The maximum absolute atomic E-state index is 4.68. The number of rotatable bonds is 3. The molecule has 20 heavy (non-hydrogen) atoms. The molecule has 3 nitrogen and oxygen atoms in total. The van der Waals surface area contributed by atoms with E-state index in [1.54, 1.807) is 0 Å². The molecule has 0 spiro atoms. The number of aromatic nitrogens is 2. The molecule has 102 valence electrons. The third-order valence-corrected chi connectivity index (χ3v) is 3.59. The lowest BCUT2D eigenvalue weighted by molar-refractivity contribution is 1.13. The average Bonchev–Trinajstić information content (AvgIpc) is 2.90. The zero-order chi connectivity index (χ0) is 14.1. The SMILES string of the molecule is CCc1ccc2nc(-c3cccc(N(C)C)c3)[nH]c2c1. The second kappa shape index (κ2) is 5.00. The normalized spacial score (nSPS) is 10.9. The molecule has 1 heterocycles. The summed E-state index contributed by atoms with van der Waals surface area (Å²) in [5, 5.41) is 0. The minimum Gasteiger partial charge on any atom is -0.378 e. The second-order valence-corrected chi connectivity index (χ2v) is 5.24. The first-order chi connectivity index (χ1) is 9.67. The summed E-state index contributed by atoms with van der Waals surface area (Å²) in [5.41, 5.74) is 5.75. The van der Waals surface area contributed by atoms with Gasteiger partial charge in [0.05, 0.1) is 11.0 Å². The van der Waals surface area contributed by atoms with Crippen molar-refractivity contribution in [3.8, 4) is 11.4 Å². The van der Waals surface area contributed by atoms with E-state index in [4.69, 9.17) is 0 Å². The first-order valence-electron chi connectivity index (χ1n) is 6.94. The van der Waals surface area contributed by atoms with Crippen LogP contribution in [0.25, 0.3) is 22.4 Å². The maximum atomic E-state index is 4.68. The minimum atomic E-state index is 0.928. The number of fused-ring (bicyclic) bond motifs is 1. The molecule has 0 amide bonds. The van der Waals surface area contributed by atoms with Gasteiger partial charge in [-0.1, -0.05) is 25.1 Å². The van der Waals surface area contributed by atoms with Crippen LogP contribution in [0.2, 0.25) is 0 Å². The number of aromatic amines is 1. The Hall–Kier alpha value is -2.29. The van der Waals surface area contributed by atoms with Gasteiger partial charge in [-0.05, 0) is 36.2 Å². The van der Waals surface area contributed by atoms with Crippen molar-refractivity contribution in [1.29, 1.82) is 0 Å². The first-order valence-corrected chi connectivity index (χ1v) is 6.94. The highest BCUT2D eigenvalue weighted by Gasteiger charge is 2.07. The van der Waals surface area contributed by atoms with Crippen LogP contribution < -0.4 is 4.90 Å². The predicted octanol–water partition coefficient (Wildman–Crippen LogP) is 3.86. The smallest absolute Gasteiger partial charge is 0.138 e. The Morgan fingerprint density at radius 3 is 2.70 bits per heavy atom. The van der Waals surface area contributed by atoms with Crippen LogP contribution in [0, 0.1) is 0 Å². The molecule has 0 fully saturated rings. The van der Waals surface area contributed by atoms with Gasteiger partial charge in [-0.3, -0.25) is 0 Å². The Labute approximate surface area is 119 Å². The minimum absolute atomic E-state index is 0.928. The van der Waals surface area contributed by atoms with E-state index in [9.17, 15) is 0 Å². The number of aryl methyl sites for hydroxylation is 1. The fourth-order valence-electron chi connectivity index (χ4n) is 2.34. The first kappa shape index (κ1) is 12.7. The summed E-state index contributed by atoms with van der Waals surface area (Å²) in [6.45, 7) is 2.17. The lowest BCUT2D eigenvalue weighted by Crippen LogP contribution is -2.08. The molecule has 0 bridgehead atoms. The molecule has 0 saturated heterocycles. The number of imidazole rings is 1. The van der Waals surface area contributed by atoms with Crippen LogP contribution in [0.4, 0.5) is 5.69 Å². The van der Waals surface area contributed by atoms with E-state index in [-0.39, 0.29) is 0 Å². The molecule has 0 radical (unpaired) electrons. The summed E-state index contributed by atoms with van der Waals surface area (Å²) >= 11 is 0. The van der Waals surface area contributed by atoms with Crippen LogP contribution in [-0.2, 0) is 6.42 Å². The van der Waals surface area contributed by atoms with Crippen molar-refractivity contribution in [1.82, 2.24) is 9.97 Å².